The standard InChI is InChI=1S/C11H16BrN3O2S/c1-8-2-4-15(5-3-8)18(16,17)10-6-9(12)7-14-11(10)13/h6-8H,2-5H2,1H3,(H2,13,14). The number of sulfonamides is 1. The molecule has 18 heavy (non-hydrogen) atoms. The van der Waals surface area contributed by atoms with Gasteiger partial charge in [0, 0.05) is 23.8 Å². The summed E-state index contributed by atoms with van der Waals surface area (Å²) in [6.45, 7) is 3.24. The Morgan fingerprint density at radius 1 is 1.44 bits per heavy atom. The SMILES string of the molecule is CC1CCN(S(=O)(=O)c2cc(Br)cnc2N)CC1. The third kappa shape index (κ3) is 2.67. The molecule has 0 spiro atoms. The van der Waals surface area contributed by atoms with E-state index in [0.29, 0.717) is 23.5 Å². The number of aromatic nitrogens is 1. The number of pyridine rings is 1. The number of piperidine rings is 1. The van der Waals surface area contributed by atoms with Crippen LogP contribution in [-0.2, 0) is 10.0 Å². The van der Waals surface area contributed by atoms with E-state index < -0.39 is 10.0 Å². The van der Waals surface area contributed by atoms with Crippen LogP contribution in [0.1, 0.15) is 19.8 Å². The number of rotatable bonds is 2. The molecule has 1 aliphatic rings. The van der Waals surface area contributed by atoms with Crippen molar-refractivity contribution in [2.75, 3.05) is 18.8 Å². The Balaban J connectivity index is 2.33. The summed E-state index contributed by atoms with van der Waals surface area (Å²) in [7, 11) is -3.52. The second-order valence-electron chi connectivity index (χ2n) is 4.62. The first kappa shape index (κ1) is 13.8. The number of nitrogen functional groups attached to an aromatic ring is 1. The number of nitrogens with two attached hydrogens (primary N) is 1. The van der Waals surface area contributed by atoms with Crippen LogP contribution in [0.5, 0.6) is 0 Å². The lowest BCUT2D eigenvalue weighted by atomic mass is 10.0. The quantitative estimate of drug-likeness (QED) is 0.895. The fraction of sp³-hybridized carbons (Fsp3) is 0.545. The number of nitrogens with zero attached hydrogens (tertiary/aromatic N) is 2. The number of hydrogen-bond acceptors (Lipinski definition) is 4. The largest absolute Gasteiger partial charge is 0.383 e. The van der Waals surface area contributed by atoms with Crippen LogP contribution in [-0.4, -0.2) is 30.8 Å². The molecule has 0 unspecified atom stereocenters. The van der Waals surface area contributed by atoms with E-state index in [1.807, 2.05) is 0 Å². The molecule has 0 bridgehead atoms. The minimum absolute atomic E-state index is 0.0526. The lowest BCUT2D eigenvalue weighted by Crippen LogP contribution is -2.38. The molecule has 100 valence electrons. The van der Waals surface area contributed by atoms with Gasteiger partial charge >= 0.3 is 0 Å². The second-order valence-corrected chi connectivity index (χ2v) is 7.45. The highest BCUT2D eigenvalue weighted by Crippen LogP contribution is 2.27. The molecule has 1 aromatic rings. The molecule has 2 rings (SSSR count). The van der Waals surface area contributed by atoms with Gasteiger partial charge in [-0.2, -0.15) is 4.31 Å². The van der Waals surface area contributed by atoms with Crippen LogP contribution in [0.4, 0.5) is 5.82 Å². The molecule has 0 aliphatic carbocycles. The van der Waals surface area contributed by atoms with Gasteiger partial charge < -0.3 is 5.73 Å². The van der Waals surface area contributed by atoms with E-state index >= 15 is 0 Å². The van der Waals surface area contributed by atoms with Crippen LogP contribution < -0.4 is 5.73 Å². The van der Waals surface area contributed by atoms with E-state index in [9.17, 15) is 8.42 Å². The van der Waals surface area contributed by atoms with Crippen molar-refractivity contribution >= 4 is 31.8 Å². The van der Waals surface area contributed by atoms with Gasteiger partial charge in [0.15, 0.2) is 0 Å². The lowest BCUT2D eigenvalue weighted by Gasteiger charge is -2.29. The third-order valence-electron chi connectivity index (χ3n) is 3.21. The fourth-order valence-electron chi connectivity index (χ4n) is 2.00. The predicted octanol–water partition coefficient (Wildman–Crippen LogP) is 1.85. The highest BCUT2D eigenvalue weighted by molar-refractivity contribution is 9.10. The normalized spacial score (nSPS) is 19.0. The molecule has 0 radical (unpaired) electrons. The summed E-state index contributed by atoms with van der Waals surface area (Å²) in [4.78, 5) is 3.97. The highest BCUT2D eigenvalue weighted by atomic mass is 79.9. The van der Waals surface area contributed by atoms with Crippen LogP contribution in [0.15, 0.2) is 21.6 Å². The second kappa shape index (κ2) is 5.14. The Morgan fingerprint density at radius 2 is 2.06 bits per heavy atom. The van der Waals surface area contributed by atoms with Crippen LogP contribution in [0.3, 0.4) is 0 Å². The number of hydrogen-bond donors (Lipinski definition) is 1. The van der Waals surface area contributed by atoms with Gasteiger partial charge in [0.2, 0.25) is 10.0 Å². The van der Waals surface area contributed by atoms with Crippen molar-refractivity contribution < 1.29 is 8.42 Å². The van der Waals surface area contributed by atoms with Crippen LogP contribution >= 0.6 is 15.9 Å². The monoisotopic (exact) mass is 333 g/mol. The van der Waals surface area contributed by atoms with Crippen molar-refractivity contribution in [1.29, 1.82) is 0 Å². The molecule has 2 N–H and O–H groups in total. The summed E-state index contributed by atoms with van der Waals surface area (Å²) >= 11 is 3.22. The summed E-state index contributed by atoms with van der Waals surface area (Å²) in [6.07, 6.45) is 3.27. The number of halogens is 1. The van der Waals surface area contributed by atoms with Crippen molar-refractivity contribution in [1.82, 2.24) is 9.29 Å². The molecule has 5 nitrogen and oxygen atoms in total. The van der Waals surface area contributed by atoms with Crippen LogP contribution in [0, 0.1) is 5.92 Å². The van der Waals surface area contributed by atoms with Crippen molar-refractivity contribution in [3.05, 3.63) is 16.7 Å². The molecule has 2 heterocycles. The predicted molar refractivity (Wildman–Crippen MR) is 73.5 cm³/mol. The number of anilines is 1. The van der Waals surface area contributed by atoms with Gasteiger partial charge in [0.05, 0.1) is 0 Å². The Hall–Kier alpha value is -0.660. The maximum absolute atomic E-state index is 12.5. The lowest BCUT2D eigenvalue weighted by molar-refractivity contribution is 0.288. The van der Waals surface area contributed by atoms with Gasteiger partial charge in [0.25, 0.3) is 0 Å². The van der Waals surface area contributed by atoms with E-state index in [-0.39, 0.29) is 10.7 Å². The fourth-order valence-corrected chi connectivity index (χ4v) is 4.05. The maximum Gasteiger partial charge on any atom is 0.246 e. The summed E-state index contributed by atoms with van der Waals surface area (Å²) in [5, 5.41) is 0. The molecule has 0 aromatic carbocycles. The summed E-state index contributed by atoms with van der Waals surface area (Å²) in [5.74, 6) is 0.631. The van der Waals surface area contributed by atoms with Crippen LogP contribution in [0.2, 0.25) is 0 Å². The summed E-state index contributed by atoms with van der Waals surface area (Å²) < 4.78 is 27.0. The van der Waals surface area contributed by atoms with Crippen molar-refractivity contribution in [2.24, 2.45) is 5.92 Å². The van der Waals surface area contributed by atoms with E-state index in [1.165, 1.54) is 16.6 Å². The topological polar surface area (TPSA) is 76.3 Å². The van der Waals surface area contributed by atoms with Crippen molar-refractivity contribution in [2.45, 2.75) is 24.7 Å². The minimum atomic E-state index is -3.52. The minimum Gasteiger partial charge on any atom is -0.383 e. The van der Waals surface area contributed by atoms with Crippen molar-refractivity contribution in [3.8, 4) is 0 Å². The smallest absolute Gasteiger partial charge is 0.246 e. The van der Waals surface area contributed by atoms with Gasteiger partial charge in [-0.05, 0) is 40.8 Å². The summed E-state index contributed by atoms with van der Waals surface area (Å²) in [6, 6.07) is 1.51. The first-order valence-corrected chi connectivity index (χ1v) is 8.05. The first-order valence-electron chi connectivity index (χ1n) is 5.82. The van der Waals surface area contributed by atoms with E-state index in [0.717, 1.165) is 12.8 Å². The molecule has 1 aromatic heterocycles. The van der Waals surface area contributed by atoms with Gasteiger partial charge in [-0.15, -0.1) is 0 Å². The zero-order valence-corrected chi connectivity index (χ0v) is 12.5. The summed E-state index contributed by atoms with van der Waals surface area (Å²) in [5.41, 5.74) is 5.67. The van der Waals surface area contributed by atoms with Gasteiger partial charge in [-0.25, -0.2) is 13.4 Å². The van der Waals surface area contributed by atoms with E-state index in [4.69, 9.17) is 5.73 Å². The average molecular weight is 334 g/mol. The molecule has 0 saturated carbocycles. The van der Waals surface area contributed by atoms with Crippen LogP contribution in [0.25, 0.3) is 0 Å². The molecule has 0 atom stereocenters. The van der Waals surface area contributed by atoms with E-state index in [2.05, 4.69) is 27.8 Å². The molecule has 1 aliphatic heterocycles. The maximum atomic E-state index is 12.5. The first-order chi connectivity index (χ1) is 8.41. The van der Waals surface area contributed by atoms with E-state index in [1.54, 1.807) is 0 Å². The Morgan fingerprint density at radius 3 is 2.67 bits per heavy atom. The molecule has 0 amide bonds. The zero-order chi connectivity index (χ0) is 13.3. The zero-order valence-electron chi connectivity index (χ0n) is 10.1. The average Bonchev–Trinajstić information content (AvgIpc) is 2.32. The molecule has 7 heteroatoms. The Kier molecular flexibility index (Phi) is 3.93. The Labute approximate surface area is 116 Å². The van der Waals surface area contributed by atoms with Gasteiger partial charge in [-0.1, -0.05) is 6.92 Å². The highest BCUT2D eigenvalue weighted by Gasteiger charge is 2.30. The molecular weight excluding hydrogens is 318 g/mol. The molecule has 1 saturated heterocycles. The molecule has 1 fully saturated rings. The third-order valence-corrected chi connectivity index (χ3v) is 5.57. The van der Waals surface area contributed by atoms with Gasteiger partial charge in [-0.3, -0.25) is 0 Å². The van der Waals surface area contributed by atoms with Gasteiger partial charge in [0.1, 0.15) is 10.7 Å². The molecular formula is C11H16BrN3O2S. The Bertz CT molecular complexity index is 539. The van der Waals surface area contributed by atoms with Crippen molar-refractivity contribution in [3.63, 3.8) is 0 Å².